The fraction of sp³-hybridized carbons (Fsp3) is 0.350. The van der Waals surface area contributed by atoms with Crippen LogP contribution in [-0.2, 0) is 17.6 Å². The Morgan fingerprint density at radius 3 is 2.84 bits per heavy atom. The quantitative estimate of drug-likeness (QED) is 0.824. The number of rotatable bonds is 6. The number of nitrogens with zero attached hydrogens (tertiary/aromatic N) is 3. The van der Waals surface area contributed by atoms with Gasteiger partial charge in [0.1, 0.15) is 5.82 Å². The number of nitrogens with one attached hydrogen (secondary N) is 1. The van der Waals surface area contributed by atoms with Crippen molar-refractivity contribution in [2.24, 2.45) is 0 Å². The van der Waals surface area contributed by atoms with Crippen LogP contribution in [0.1, 0.15) is 24.1 Å². The zero-order chi connectivity index (χ0) is 17.5. The summed E-state index contributed by atoms with van der Waals surface area (Å²) < 4.78 is 0. The van der Waals surface area contributed by atoms with Crippen molar-refractivity contribution >= 4 is 11.7 Å². The van der Waals surface area contributed by atoms with Crippen LogP contribution >= 0.6 is 0 Å². The minimum absolute atomic E-state index is 0.185. The van der Waals surface area contributed by atoms with Crippen molar-refractivity contribution in [1.82, 2.24) is 14.9 Å². The maximum Gasteiger partial charge on any atom is 0.227 e. The Bertz CT molecular complexity index is 699. The molecular formula is C20H24N4O. The molecule has 2 aromatic rings. The van der Waals surface area contributed by atoms with Gasteiger partial charge in [0.05, 0.1) is 24.5 Å². The van der Waals surface area contributed by atoms with Crippen LogP contribution in [-0.4, -0.2) is 39.9 Å². The molecule has 5 nitrogen and oxygen atoms in total. The van der Waals surface area contributed by atoms with Crippen LogP contribution in [0.25, 0.3) is 0 Å². The normalized spacial score (nSPS) is 17.1. The van der Waals surface area contributed by atoms with E-state index in [0.29, 0.717) is 13.0 Å². The first-order chi connectivity index (χ1) is 12.2. The van der Waals surface area contributed by atoms with Crippen LogP contribution in [0.2, 0.25) is 0 Å². The SMILES string of the molecule is C=CCc1cnc(N[C@@H]2CCCN(C(=O)Cc3ccccc3)C2)cn1. The summed E-state index contributed by atoms with van der Waals surface area (Å²) in [6.45, 7) is 5.24. The number of aromatic nitrogens is 2. The zero-order valence-corrected chi connectivity index (χ0v) is 14.4. The van der Waals surface area contributed by atoms with Crippen molar-refractivity contribution in [2.75, 3.05) is 18.4 Å². The number of hydrogen-bond donors (Lipinski definition) is 1. The summed E-state index contributed by atoms with van der Waals surface area (Å²) in [6, 6.07) is 10.1. The van der Waals surface area contributed by atoms with E-state index in [0.717, 1.165) is 42.9 Å². The topological polar surface area (TPSA) is 58.1 Å². The van der Waals surface area contributed by atoms with E-state index < -0.39 is 0 Å². The Morgan fingerprint density at radius 2 is 2.12 bits per heavy atom. The van der Waals surface area contributed by atoms with Crippen LogP contribution in [0.4, 0.5) is 5.82 Å². The number of benzene rings is 1. The summed E-state index contributed by atoms with van der Waals surface area (Å²) in [6.07, 6.45) is 8.55. The van der Waals surface area contributed by atoms with E-state index in [1.165, 1.54) is 0 Å². The Morgan fingerprint density at radius 1 is 1.28 bits per heavy atom. The smallest absolute Gasteiger partial charge is 0.227 e. The molecule has 0 saturated carbocycles. The molecule has 130 valence electrons. The van der Waals surface area contributed by atoms with Crippen LogP contribution in [0.3, 0.4) is 0 Å². The van der Waals surface area contributed by atoms with Gasteiger partial charge < -0.3 is 10.2 Å². The average Bonchev–Trinajstić information content (AvgIpc) is 2.65. The van der Waals surface area contributed by atoms with Gasteiger partial charge in [0.25, 0.3) is 0 Å². The van der Waals surface area contributed by atoms with Gasteiger partial charge in [0, 0.05) is 25.6 Å². The largest absolute Gasteiger partial charge is 0.364 e. The van der Waals surface area contributed by atoms with Gasteiger partial charge >= 0.3 is 0 Å². The Labute approximate surface area is 148 Å². The summed E-state index contributed by atoms with van der Waals surface area (Å²) in [5.74, 6) is 0.945. The fourth-order valence-electron chi connectivity index (χ4n) is 3.10. The second-order valence-electron chi connectivity index (χ2n) is 6.37. The van der Waals surface area contributed by atoms with Crippen LogP contribution in [0.5, 0.6) is 0 Å². The lowest BCUT2D eigenvalue weighted by molar-refractivity contribution is -0.131. The lowest BCUT2D eigenvalue weighted by atomic mass is 10.0. The molecule has 5 heteroatoms. The number of amides is 1. The van der Waals surface area contributed by atoms with Gasteiger partial charge in [-0.1, -0.05) is 36.4 Å². The molecule has 1 amide bonds. The Balaban J connectivity index is 1.55. The second kappa shape index (κ2) is 8.42. The summed E-state index contributed by atoms with van der Waals surface area (Å²) in [4.78, 5) is 23.3. The third kappa shape index (κ3) is 4.89. The molecule has 0 bridgehead atoms. The Hall–Kier alpha value is -2.69. The first kappa shape index (κ1) is 17.1. The molecule has 3 rings (SSSR count). The predicted octanol–water partition coefficient (Wildman–Crippen LogP) is 2.85. The van der Waals surface area contributed by atoms with Crippen molar-refractivity contribution < 1.29 is 4.79 Å². The molecule has 1 aliphatic heterocycles. The van der Waals surface area contributed by atoms with Gasteiger partial charge in [-0.05, 0) is 18.4 Å². The lowest BCUT2D eigenvalue weighted by Crippen LogP contribution is -2.45. The summed E-state index contributed by atoms with van der Waals surface area (Å²) in [5.41, 5.74) is 1.97. The predicted molar refractivity (Wildman–Crippen MR) is 99.3 cm³/mol. The minimum Gasteiger partial charge on any atom is -0.364 e. The van der Waals surface area contributed by atoms with Crippen molar-refractivity contribution in [3.05, 3.63) is 66.6 Å². The highest BCUT2D eigenvalue weighted by Gasteiger charge is 2.23. The van der Waals surface area contributed by atoms with E-state index in [1.807, 2.05) is 41.3 Å². The number of carbonyl (C=O) groups excluding carboxylic acids is 1. The van der Waals surface area contributed by atoms with Crippen molar-refractivity contribution in [3.8, 4) is 0 Å². The molecule has 1 aromatic carbocycles. The van der Waals surface area contributed by atoms with Crippen LogP contribution < -0.4 is 5.32 Å². The number of hydrogen-bond acceptors (Lipinski definition) is 4. The minimum atomic E-state index is 0.185. The number of allylic oxidation sites excluding steroid dienone is 1. The first-order valence-corrected chi connectivity index (χ1v) is 8.74. The third-order valence-electron chi connectivity index (χ3n) is 4.38. The number of likely N-dealkylation sites (tertiary alicyclic amines) is 1. The highest BCUT2D eigenvalue weighted by molar-refractivity contribution is 5.79. The van der Waals surface area contributed by atoms with Crippen LogP contribution in [0, 0.1) is 0 Å². The van der Waals surface area contributed by atoms with Gasteiger partial charge in [-0.25, -0.2) is 4.98 Å². The third-order valence-corrected chi connectivity index (χ3v) is 4.38. The maximum absolute atomic E-state index is 12.5. The van der Waals surface area contributed by atoms with Gasteiger partial charge in [0.2, 0.25) is 5.91 Å². The van der Waals surface area contributed by atoms with Crippen molar-refractivity contribution in [2.45, 2.75) is 31.7 Å². The summed E-state index contributed by atoms with van der Waals surface area (Å²) >= 11 is 0. The second-order valence-corrected chi connectivity index (χ2v) is 6.37. The molecule has 1 N–H and O–H groups in total. The van der Waals surface area contributed by atoms with Crippen molar-refractivity contribution in [3.63, 3.8) is 0 Å². The molecule has 0 aliphatic carbocycles. The van der Waals surface area contributed by atoms with Gasteiger partial charge in [-0.3, -0.25) is 9.78 Å². The number of anilines is 1. The van der Waals surface area contributed by atoms with E-state index in [4.69, 9.17) is 0 Å². The average molecular weight is 336 g/mol. The number of piperidine rings is 1. The molecule has 25 heavy (non-hydrogen) atoms. The molecule has 1 aliphatic rings. The van der Waals surface area contributed by atoms with E-state index in [2.05, 4.69) is 21.9 Å². The maximum atomic E-state index is 12.5. The first-order valence-electron chi connectivity index (χ1n) is 8.74. The molecule has 0 spiro atoms. The molecule has 2 heterocycles. The molecular weight excluding hydrogens is 312 g/mol. The highest BCUT2D eigenvalue weighted by atomic mass is 16.2. The molecule has 0 radical (unpaired) electrons. The van der Waals surface area contributed by atoms with Gasteiger partial charge in [-0.2, -0.15) is 0 Å². The van der Waals surface area contributed by atoms with Gasteiger partial charge in [-0.15, -0.1) is 6.58 Å². The molecule has 1 aromatic heterocycles. The summed E-state index contributed by atoms with van der Waals surface area (Å²) in [5, 5.41) is 3.41. The Kier molecular flexibility index (Phi) is 5.77. The molecule has 1 saturated heterocycles. The molecule has 0 unspecified atom stereocenters. The van der Waals surface area contributed by atoms with Crippen molar-refractivity contribution in [1.29, 1.82) is 0 Å². The van der Waals surface area contributed by atoms with Crippen LogP contribution in [0.15, 0.2) is 55.4 Å². The molecule has 1 atom stereocenters. The summed E-state index contributed by atoms with van der Waals surface area (Å²) in [7, 11) is 0. The van der Waals surface area contributed by atoms with E-state index in [9.17, 15) is 4.79 Å². The highest BCUT2D eigenvalue weighted by Crippen LogP contribution is 2.16. The van der Waals surface area contributed by atoms with Gasteiger partial charge in [0.15, 0.2) is 0 Å². The van der Waals surface area contributed by atoms with E-state index in [1.54, 1.807) is 12.4 Å². The fourth-order valence-corrected chi connectivity index (χ4v) is 3.10. The zero-order valence-electron chi connectivity index (χ0n) is 14.4. The molecule has 1 fully saturated rings. The monoisotopic (exact) mass is 336 g/mol. The lowest BCUT2D eigenvalue weighted by Gasteiger charge is -2.33. The number of carbonyl (C=O) groups is 1. The van der Waals surface area contributed by atoms with E-state index >= 15 is 0 Å². The van der Waals surface area contributed by atoms with E-state index in [-0.39, 0.29) is 11.9 Å². The standard InChI is InChI=1S/C20H24N4O/c1-2-7-17-13-22-19(14-21-17)23-18-10-6-11-24(15-18)20(25)12-16-8-4-3-5-9-16/h2-5,8-9,13-14,18H,1,6-7,10-12,15H2,(H,22,23)/t18-/m1/s1.